The Morgan fingerprint density at radius 2 is 1.85 bits per heavy atom. The number of rotatable bonds is 2. The molecule has 7 heteroatoms. The van der Waals surface area contributed by atoms with Gasteiger partial charge in [0.15, 0.2) is 0 Å². The van der Waals surface area contributed by atoms with Crippen LogP contribution in [0.5, 0.6) is 0 Å². The maximum Gasteiger partial charge on any atom is 0.271 e. The van der Waals surface area contributed by atoms with Crippen LogP contribution in [-0.4, -0.2) is 60.0 Å². The molecule has 3 fully saturated rings. The van der Waals surface area contributed by atoms with Crippen LogP contribution in [0.15, 0.2) is 24.3 Å². The van der Waals surface area contributed by atoms with Crippen molar-refractivity contribution in [2.45, 2.75) is 25.8 Å². The van der Waals surface area contributed by atoms with Crippen LogP contribution in [0, 0.1) is 12.8 Å². The Bertz CT molecular complexity index is 940. The van der Waals surface area contributed by atoms with Crippen LogP contribution >= 0.6 is 0 Å². The predicted octanol–water partition coefficient (Wildman–Crippen LogP) is 1.98. The number of benzene rings is 1. The topological polar surface area (TPSA) is 62.6 Å². The zero-order valence-electron chi connectivity index (χ0n) is 15.5. The first-order valence-electron chi connectivity index (χ1n) is 9.07. The summed E-state index contributed by atoms with van der Waals surface area (Å²) in [5, 5.41) is 1.09. The van der Waals surface area contributed by atoms with E-state index in [4.69, 9.17) is 0 Å². The van der Waals surface area contributed by atoms with Crippen molar-refractivity contribution in [2.75, 3.05) is 25.9 Å². The third kappa shape index (κ3) is 2.74. The molecule has 0 aliphatic carbocycles. The number of piperidine rings is 1. The molecule has 2 bridgehead atoms. The highest BCUT2D eigenvalue weighted by Gasteiger charge is 2.40. The average molecular weight is 375 g/mol. The Labute approximate surface area is 154 Å². The van der Waals surface area contributed by atoms with Gasteiger partial charge in [0.2, 0.25) is 10.0 Å². The summed E-state index contributed by atoms with van der Waals surface area (Å²) in [7, 11) is -1.30. The fourth-order valence-corrected chi connectivity index (χ4v) is 5.51. The van der Waals surface area contributed by atoms with Crippen LogP contribution in [0.2, 0.25) is 0 Å². The summed E-state index contributed by atoms with van der Waals surface area (Å²) >= 11 is 0. The third-order valence-electron chi connectivity index (χ3n) is 5.97. The van der Waals surface area contributed by atoms with Crippen molar-refractivity contribution in [1.29, 1.82) is 0 Å². The molecule has 140 valence electrons. The Balaban J connectivity index is 1.72. The molecule has 3 aliphatic heterocycles. The van der Waals surface area contributed by atoms with Gasteiger partial charge in [-0.05, 0) is 37.3 Å². The van der Waals surface area contributed by atoms with Gasteiger partial charge in [-0.25, -0.2) is 8.42 Å². The molecule has 0 saturated carbocycles. The van der Waals surface area contributed by atoms with Gasteiger partial charge in [-0.1, -0.05) is 18.2 Å². The van der Waals surface area contributed by atoms with Crippen molar-refractivity contribution in [1.82, 2.24) is 13.8 Å². The van der Waals surface area contributed by atoms with Gasteiger partial charge < -0.3 is 9.47 Å². The summed E-state index contributed by atoms with van der Waals surface area (Å²) in [5.41, 5.74) is 2.75. The quantitative estimate of drug-likeness (QED) is 0.806. The van der Waals surface area contributed by atoms with Crippen LogP contribution < -0.4 is 0 Å². The number of fused-ring (bicyclic) bond motifs is 5. The van der Waals surface area contributed by atoms with Gasteiger partial charge in [-0.3, -0.25) is 4.79 Å². The van der Waals surface area contributed by atoms with Gasteiger partial charge >= 0.3 is 0 Å². The molecule has 2 aromatic rings. The number of nitrogens with zero attached hydrogens (tertiary/aromatic N) is 3. The van der Waals surface area contributed by atoms with Crippen molar-refractivity contribution >= 4 is 26.8 Å². The second kappa shape index (κ2) is 6.09. The number of hydrogen-bond acceptors (Lipinski definition) is 3. The smallest absolute Gasteiger partial charge is 0.271 e. The Kier molecular flexibility index (Phi) is 4.11. The molecule has 5 rings (SSSR count). The number of hydrogen-bond donors (Lipinski definition) is 0. The second-order valence-corrected chi connectivity index (χ2v) is 9.67. The SMILES string of the molecule is Cc1c(C(=O)N2C[C@H]3CC[C@@H]2CN(S(C)(=O)=O)C3)n(C)c2ccccc12. The molecule has 0 unspecified atom stereocenters. The number of sulfonamides is 1. The normalized spacial score (nSPS) is 24.2. The zero-order chi connectivity index (χ0) is 18.6. The van der Waals surface area contributed by atoms with Crippen LogP contribution in [0.4, 0.5) is 0 Å². The van der Waals surface area contributed by atoms with Crippen molar-refractivity contribution in [3.8, 4) is 0 Å². The maximum absolute atomic E-state index is 13.4. The molecule has 0 spiro atoms. The molecule has 2 atom stereocenters. The molecule has 4 heterocycles. The van der Waals surface area contributed by atoms with Crippen molar-refractivity contribution < 1.29 is 13.2 Å². The Hall–Kier alpha value is -1.86. The molecule has 1 aromatic carbocycles. The van der Waals surface area contributed by atoms with E-state index in [-0.39, 0.29) is 17.9 Å². The minimum Gasteiger partial charge on any atom is -0.339 e. The van der Waals surface area contributed by atoms with E-state index in [1.165, 1.54) is 6.26 Å². The molecule has 26 heavy (non-hydrogen) atoms. The van der Waals surface area contributed by atoms with Gasteiger partial charge in [0.1, 0.15) is 5.69 Å². The number of aryl methyl sites for hydroxylation is 2. The van der Waals surface area contributed by atoms with Crippen LogP contribution in [0.3, 0.4) is 0 Å². The fraction of sp³-hybridized carbons (Fsp3) is 0.526. The molecule has 6 nitrogen and oxygen atoms in total. The maximum atomic E-state index is 13.4. The first-order chi connectivity index (χ1) is 12.3. The van der Waals surface area contributed by atoms with Crippen molar-refractivity contribution in [3.05, 3.63) is 35.5 Å². The van der Waals surface area contributed by atoms with Gasteiger partial charge in [0.25, 0.3) is 5.91 Å². The highest BCUT2D eigenvalue weighted by molar-refractivity contribution is 7.88. The largest absolute Gasteiger partial charge is 0.339 e. The van der Waals surface area contributed by atoms with Gasteiger partial charge in [0.05, 0.1) is 6.26 Å². The number of amides is 1. The predicted molar refractivity (Wildman–Crippen MR) is 102 cm³/mol. The van der Waals surface area contributed by atoms with Crippen LogP contribution in [0.1, 0.15) is 28.9 Å². The van der Waals surface area contributed by atoms with E-state index in [9.17, 15) is 13.2 Å². The summed E-state index contributed by atoms with van der Waals surface area (Å²) in [6.07, 6.45) is 3.11. The highest BCUT2D eigenvalue weighted by Crippen LogP contribution is 2.32. The molecule has 1 aromatic heterocycles. The van der Waals surface area contributed by atoms with Gasteiger partial charge in [-0.15, -0.1) is 0 Å². The lowest BCUT2D eigenvalue weighted by atomic mass is 9.94. The van der Waals surface area contributed by atoms with E-state index in [2.05, 4.69) is 0 Å². The standard InChI is InChI=1S/C19H25N3O3S/c1-13-16-6-4-5-7-17(16)20(2)18(13)19(23)22-11-14-8-9-15(22)12-21(10-14)26(3,24)25/h4-7,14-15H,8-12H2,1-3H3/t14-,15+/m0/s1. The Morgan fingerprint density at radius 3 is 2.54 bits per heavy atom. The van der Waals surface area contributed by atoms with Crippen LogP contribution in [-0.2, 0) is 17.1 Å². The van der Waals surface area contributed by atoms with E-state index >= 15 is 0 Å². The molecule has 3 aliphatic rings. The molecule has 3 saturated heterocycles. The first-order valence-corrected chi connectivity index (χ1v) is 10.9. The zero-order valence-corrected chi connectivity index (χ0v) is 16.3. The van der Waals surface area contributed by atoms with Gasteiger partial charge in [-0.2, -0.15) is 4.31 Å². The first kappa shape index (κ1) is 17.5. The summed E-state index contributed by atoms with van der Waals surface area (Å²) in [6.45, 7) is 3.56. The van der Waals surface area contributed by atoms with E-state index in [1.807, 2.05) is 47.7 Å². The number of aromatic nitrogens is 1. The highest BCUT2D eigenvalue weighted by atomic mass is 32.2. The minimum atomic E-state index is -3.24. The minimum absolute atomic E-state index is 0.0197. The van der Waals surface area contributed by atoms with E-state index in [1.54, 1.807) is 4.31 Å². The van der Waals surface area contributed by atoms with Gasteiger partial charge in [0, 0.05) is 43.6 Å². The van der Waals surface area contributed by atoms with E-state index in [0.717, 1.165) is 29.3 Å². The van der Waals surface area contributed by atoms with E-state index < -0.39 is 10.0 Å². The third-order valence-corrected chi connectivity index (χ3v) is 7.21. The van der Waals surface area contributed by atoms with Crippen molar-refractivity contribution in [3.63, 3.8) is 0 Å². The van der Waals surface area contributed by atoms with E-state index in [0.29, 0.717) is 25.3 Å². The number of para-hydroxylation sites is 1. The number of carbonyl (C=O) groups is 1. The lowest BCUT2D eigenvalue weighted by molar-refractivity contribution is 0.0578. The summed E-state index contributed by atoms with van der Waals surface area (Å²) < 4.78 is 27.6. The monoisotopic (exact) mass is 375 g/mol. The molecule has 0 radical (unpaired) electrons. The average Bonchev–Trinajstić information content (AvgIpc) is 2.81. The molecular weight excluding hydrogens is 350 g/mol. The van der Waals surface area contributed by atoms with Crippen LogP contribution in [0.25, 0.3) is 10.9 Å². The number of carbonyl (C=O) groups excluding carboxylic acids is 1. The molecular formula is C19H25N3O3S. The Morgan fingerprint density at radius 1 is 1.12 bits per heavy atom. The van der Waals surface area contributed by atoms with Crippen molar-refractivity contribution in [2.24, 2.45) is 13.0 Å². The summed E-state index contributed by atoms with van der Waals surface area (Å²) in [5.74, 6) is 0.230. The fourth-order valence-electron chi connectivity index (χ4n) is 4.58. The lowest BCUT2D eigenvalue weighted by Gasteiger charge is -2.36. The summed E-state index contributed by atoms with van der Waals surface area (Å²) in [6, 6.07) is 7.99. The molecule has 1 amide bonds. The molecule has 0 N–H and O–H groups in total. The summed E-state index contributed by atoms with van der Waals surface area (Å²) in [4.78, 5) is 15.4. The second-order valence-electron chi connectivity index (χ2n) is 7.68. The lowest BCUT2D eigenvalue weighted by Crippen LogP contribution is -2.48.